The van der Waals surface area contributed by atoms with Crippen molar-refractivity contribution >= 4 is 34.8 Å². The van der Waals surface area contributed by atoms with Gasteiger partial charge in [-0.2, -0.15) is 0 Å². The molecule has 0 bridgehead atoms. The van der Waals surface area contributed by atoms with Crippen LogP contribution in [0.3, 0.4) is 0 Å². The number of pyridine rings is 1. The van der Waals surface area contributed by atoms with Crippen LogP contribution < -0.4 is 10.2 Å². The van der Waals surface area contributed by atoms with E-state index in [0.29, 0.717) is 15.6 Å². The maximum absolute atomic E-state index is 12.3. The van der Waals surface area contributed by atoms with Gasteiger partial charge in [0.15, 0.2) is 0 Å². The highest BCUT2D eigenvalue weighted by Gasteiger charge is 2.25. The first kappa shape index (κ1) is 15.1. The van der Waals surface area contributed by atoms with Gasteiger partial charge in [0.05, 0.1) is 10.6 Å². The molecule has 3 rings (SSSR count). The van der Waals surface area contributed by atoms with Crippen molar-refractivity contribution in [1.29, 1.82) is 0 Å². The van der Waals surface area contributed by atoms with E-state index in [1.165, 1.54) is 6.20 Å². The molecule has 1 unspecified atom stereocenters. The number of amides is 1. The lowest BCUT2D eigenvalue weighted by molar-refractivity contribution is 0.0940. The molecule has 22 heavy (non-hydrogen) atoms. The second-order valence-electron chi connectivity index (χ2n) is 5.24. The average Bonchev–Trinajstić information content (AvgIpc) is 2.96. The molecule has 2 heterocycles. The number of nitrogens with zero attached hydrogens (tertiary/aromatic N) is 2. The predicted octanol–water partition coefficient (Wildman–Crippen LogP) is 3.40. The highest BCUT2D eigenvalue weighted by molar-refractivity contribution is 6.33. The minimum Gasteiger partial charge on any atom is -0.369 e. The molecular formula is C16H15Cl2N3O. The van der Waals surface area contributed by atoms with Crippen LogP contribution in [0.1, 0.15) is 16.8 Å². The first-order valence-electron chi connectivity index (χ1n) is 7.04. The number of rotatable bonds is 3. The van der Waals surface area contributed by atoms with Crippen molar-refractivity contribution in [3.63, 3.8) is 0 Å². The summed E-state index contributed by atoms with van der Waals surface area (Å²) in [5, 5.41) is 4.11. The molecule has 0 spiro atoms. The molecule has 1 N–H and O–H groups in total. The van der Waals surface area contributed by atoms with Gasteiger partial charge in [0.2, 0.25) is 0 Å². The molecule has 0 radical (unpaired) electrons. The molecule has 2 aromatic rings. The Hall–Kier alpha value is -1.78. The van der Waals surface area contributed by atoms with Gasteiger partial charge in [-0.3, -0.25) is 9.78 Å². The first-order chi connectivity index (χ1) is 10.6. The normalized spacial score (nSPS) is 17.5. The Kier molecular flexibility index (Phi) is 4.50. The fourth-order valence-electron chi connectivity index (χ4n) is 2.61. The van der Waals surface area contributed by atoms with Gasteiger partial charge >= 0.3 is 0 Å². The fourth-order valence-corrected chi connectivity index (χ4v) is 3.00. The predicted molar refractivity (Wildman–Crippen MR) is 88.8 cm³/mol. The molecule has 1 fully saturated rings. The largest absolute Gasteiger partial charge is 0.369 e. The maximum atomic E-state index is 12.3. The summed E-state index contributed by atoms with van der Waals surface area (Å²) in [5.41, 5.74) is 1.53. The van der Waals surface area contributed by atoms with E-state index < -0.39 is 0 Å². The SMILES string of the molecule is O=C(NC1CCN(c2cccc(Cl)c2)C1)c1ccncc1Cl. The van der Waals surface area contributed by atoms with Crippen LogP contribution in [0.5, 0.6) is 0 Å². The van der Waals surface area contributed by atoms with Crippen LogP contribution in [0.2, 0.25) is 10.0 Å². The van der Waals surface area contributed by atoms with Crippen molar-refractivity contribution in [1.82, 2.24) is 10.3 Å². The van der Waals surface area contributed by atoms with E-state index in [0.717, 1.165) is 25.2 Å². The summed E-state index contributed by atoms with van der Waals surface area (Å²) < 4.78 is 0. The van der Waals surface area contributed by atoms with E-state index in [9.17, 15) is 4.79 Å². The molecule has 114 valence electrons. The van der Waals surface area contributed by atoms with Gasteiger partial charge in [0.1, 0.15) is 0 Å². The summed E-state index contributed by atoms with van der Waals surface area (Å²) >= 11 is 12.0. The Labute approximate surface area is 139 Å². The zero-order chi connectivity index (χ0) is 15.5. The van der Waals surface area contributed by atoms with Crippen molar-refractivity contribution in [3.05, 3.63) is 58.3 Å². The van der Waals surface area contributed by atoms with Gasteiger partial charge in [-0.05, 0) is 30.7 Å². The van der Waals surface area contributed by atoms with Gasteiger partial charge in [-0.25, -0.2) is 0 Å². The van der Waals surface area contributed by atoms with Crippen molar-refractivity contribution < 1.29 is 4.79 Å². The van der Waals surface area contributed by atoms with Gasteiger partial charge < -0.3 is 10.2 Å². The third-order valence-corrected chi connectivity index (χ3v) is 4.25. The second kappa shape index (κ2) is 6.55. The molecule has 1 saturated heterocycles. The number of carbonyl (C=O) groups is 1. The summed E-state index contributed by atoms with van der Waals surface area (Å²) in [6.07, 6.45) is 3.93. The van der Waals surface area contributed by atoms with Crippen molar-refractivity contribution in [2.75, 3.05) is 18.0 Å². The number of hydrogen-bond acceptors (Lipinski definition) is 3. The Morgan fingerprint density at radius 3 is 2.95 bits per heavy atom. The van der Waals surface area contributed by atoms with Crippen molar-refractivity contribution in [2.45, 2.75) is 12.5 Å². The zero-order valence-electron chi connectivity index (χ0n) is 11.8. The van der Waals surface area contributed by atoms with E-state index >= 15 is 0 Å². The van der Waals surface area contributed by atoms with Crippen LogP contribution in [0, 0.1) is 0 Å². The molecule has 0 saturated carbocycles. The summed E-state index contributed by atoms with van der Waals surface area (Å²) in [6.45, 7) is 1.64. The molecule has 6 heteroatoms. The third-order valence-electron chi connectivity index (χ3n) is 3.71. The molecule has 1 aliphatic rings. The minimum atomic E-state index is -0.162. The number of carbonyl (C=O) groups excluding carboxylic acids is 1. The van der Waals surface area contributed by atoms with Crippen LogP contribution in [-0.2, 0) is 0 Å². The fraction of sp³-hybridized carbons (Fsp3) is 0.250. The molecule has 1 atom stereocenters. The minimum absolute atomic E-state index is 0.0933. The summed E-state index contributed by atoms with van der Waals surface area (Å²) in [6, 6.07) is 9.46. The lowest BCUT2D eigenvalue weighted by Crippen LogP contribution is -2.37. The number of anilines is 1. The molecule has 1 aromatic carbocycles. The molecule has 1 aromatic heterocycles. The van der Waals surface area contributed by atoms with E-state index in [-0.39, 0.29) is 11.9 Å². The third kappa shape index (κ3) is 3.34. The van der Waals surface area contributed by atoms with Crippen LogP contribution >= 0.6 is 23.2 Å². The topological polar surface area (TPSA) is 45.2 Å². The molecule has 1 aliphatic heterocycles. The van der Waals surface area contributed by atoms with Crippen LogP contribution in [-0.4, -0.2) is 30.0 Å². The van der Waals surface area contributed by atoms with Crippen LogP contribution in [0.15, 0.2) is 42.7 Å². The lowest BCUT2D eigenvalue weighted by atomic mass is 10.2. The monoisotopic (exact) mass is 335 g/mol. The molecule has 4 nitrogen and oxygen atoms in total. The van der Waals surface area contributed by atoms with E-state index in [1.54, 1.807) is 12.3 Å². The summed E-state index contributed by atoms with van der Waals surface area (Å²) in [7, 11) is 0. The van der Waals surface area contributed by atoms with Gasteiger partial charge in [0, 0.05) is 42.2 Å². The van der Waals surface area contributed by atoms with Gasteiger partial charge in [0.25, 0.3) is 5.91 Å². The lowest BCUT2D eigenvalue weighted by Gasteiger charge is -2.19. The Morgan fingerprint density at radius 1 is 1.32 bits per heavy atom. The van der Waals surface area contributed by atoms with Gasteiger partial charge in [-0.1, -0.05) is 29.3 Å². The second-order valence-corrected chi connectivity index (χ2v) is 6.08. The smallest absolute Gasteiger partial charge is 0.253 e. The number of halogens is 2. The maximum Gasteiger partial charge on any atom is 0.253 e. The highest BCUT2D eigenvalue weighted by atomic mass is 35.5. The number of aromatic nitrogens is 1. The van der Waals surface area contributed by atoms with E-state index in [4.69, 9.17) is 23.2 Å². The number of hydrogen-bond donors (Lipinski definition) is 1. The zero-order valence-corrected chi connectivity index (χ0v) is 13.3. The van der Waals surface area contributed by atoms with Crippen molar-refractivity contribution in [2.24, 2.45) is 0 Å². The van der Waals surface area contributed by atoms with E-state index in [1.807, 2.05) is 24.3 Å². The summed E-state index contributed by atoms with van der Waals surface area (Å²) in [4.78, 5) is 18.4. The standard InChI is InChI=1S/C16H15Cl2N3O/c17-11-2-1-3-13(8-11)21-7-5-12(10-21)20-16(22)14-4-6-19-9-15(14)18/h1-4,6,8-9,12H,5,7,10H2,(H,20,22). The summed E-state index contributed by atoms with van der Waals surface area (Å²) in [5.74, 6) is -0.162. The number of nitrogens with one attached hydrogen (secondary N) is 1. The molecule has 0 aliphatic carbocycles. The van der Waals surface area contributed by atoms with Crippen LogP contribution in [0.4, 0.5) is 5.69 Å². The average molecular weight is 336 g/mol. The quantitative estimate of drug-likeness (QED) is 0.934. The Bertz CT molecular complexity index is 693. The highest BCUT2D eigenvalue weighted by Crippen LogP contribution is 2.24. The van der Waals surface area contributed by atoms with Crippen LogP contribution in [0.25, 0.3) is 0 Å². The van der Waals surface area contributed by atoms with E-state index in [2.05, 4.69) is 15.2 Å². The Morgan fingerprint density at radius 2 is 2.18 bits per heavy atom. The van der Waals surface area contributed by atoms with Crippen molar-refractivity contribution in [3.8, 4) is 0 Å². The first-order valence-corrected chi connectivity index (χ1v) is 7.80. The Balaban J connectivity index is 1.64. The van der Waals surface area contributed by atoms with Gasteiger partial charge in [-0.15, -0.1) is 0 Å². The number of benzene rings is 1. The molecule has 1 amide bonds. The molecular weight excluding hydrogens is 321 g/mol.